The Bertz CT molecular complexity index is 107. The third kappa shape index (κ3) is 4.30. The van der Waals surface area contributed by atoms with Gasteiger partial charge in [-0.25, -0.2) is 0 Å². The molecule has 1 N–H and O–H groups in total. The molecule has 0 aromatic heterocycles. The molecule has 12 heavy (non-hydrogen) atoms. The van der Waals surface area contributed by atoms with Crippen molar-refractivity contribution in [3.05, 3.63) is 0 Å². The van der Waals surface area contributed by atoms with Crippen LogP contribution in [-0.2, 0) is 9.47 Å². The zero-order valence-corrected chi connectivity index (χ0v) is 8.36. The van der Waals surface area contributed by atoms with Crippen molar-refractivity contribution in [2.24, 2.45) is 0 Å². The lowest BCUT2D eigenvalue weighted by Crippen LogP contribution is -2.34. The van der Waals surface area contributed by atoms with Crippen LogP contribution in [0.25, 0.3) is 0 Å². The fraction of sp³-hybridized carbons (Fsp3) is 1.00. The van der Waals surface area contributed by atoms with Gasteiger partial charge in [0.2, 0.25) is 0 Å². The Kier molecular flexibility index (Phi) is 5.77. The van der Waals surface area contributed by atoms with Crippen molar-refractivity contribution in [1.82, 2.24) is 5.32 Å². The topological polar surface area (TPSA) is 30.5 Å². The summed E-state index contributed by atoms with van der Waals surface area (Å²) in [6.45, 7) is 3.34. The van der Waals surface area contributed by atoms with Gasteiger partial charge in [0, 0.05) is 18.8 Å². The van der Waals surface area contributed by atoms with Gasteiger partial charge in [-0.05, 0) is 12.7 Å². The van der Waals surface area contributed by atoms with Crippen LogP contribution in [0.4, 0.5) is 0 Å². The van der Waals surface area contributed by atoms with Crippen LogP contribution in [0.5, 0.6) is 0 Å². The van der Waals surface area contributed by atoms with E-state index in [0.717, 1.165) is 26.1 Å². The Hall–Kier alpha value is 0.230. The molecule has 1 rings (SSSR count). The molecule has 1 unspecified atom stereocenters. The molecule has 0 spiro atoms. The van der Waals surface area contributed by atoms with E-state index >= 15 is 0 Å². The van der Waals surface area contributed by atoms with Crippen LogP contribution in [0.15, 0.2) is 0 Å². The molecule has 72 valence electrons. The molecule has 4 heteroatoms. The molecule has 1 fully saturated rings. The maximum absolute atomic E-state index is 5.37. The Labute approximate surface area is 78.2 Å². The van der Waals surface area contributed by atoms with Gasteiger partial charge in [0.25, 0.3) is 0 Å². The zero-order valence-electron chi connectivity index (χ0n) is 7.54. The smallest absolute Gasteiger partial charge is 0.147 e. The summed E-state index contributed by atoms with van der Waals surface area (Å²) >= 11 is 1.86. The molecule has 1 heterocycles. The molecule has 1 atom stereocenters. The van der Waals surface area contributed by atoms with Crippen molar-refractivity contribution in [3.8, 4) is 0 Å². The van der Waals surface area contributed by atoms with Gasteiger partial charge >= 0.3 is 0 Å². The summed E-state index contributed by atoms with van der Waals surface area (Å²) < 4.78 is 10.4. The number of rotatable bonds is 5. The van der Waals surface area contributed by atoms with Gasteiger partial charge in [0.1, 0.15) is 6.79 Å². The van der Waals surface area contributed by atoms with Gasteiger partial charge in [-0.1, -0.05) is 0 Å². The largest absolute Gasteiger partial charge is 0.355 e. The highest BCUT2D eigenvalue weighted by Gasteiger charge is 2.12. The van der Waals surface area contributed by atoms with Crippen molar-refractivity contribution in [3.63, 3.8) is 0 Å². The summed E-state index contributed by atoms with van der Waals surface area (Å²) in [7, 11) is 0. The average Bonchev–Trinajstić information content (AvgIpc) is 2.14. The van der Waals surface area contributed by atoms with E-state index in [0.29, 0.717) is 12.9 Å². The van der Waals surface area contributed by atoms with Crippen LogP contribution in [0.3, 0.4) is 0 Å². The number of nitrogens with one attached hydrogen (secondary N) is 1. The fourth-order valence-corrected chi connectivity index (χ4v) is 1.45. The first kappa shape index (κ1) is 10.3. The van der Waals surface area contributed by atoms with Gasteiger partial charge in [0.05, 0.1) is 12.7 Å². The third-order valence-electron chi connectivity index (χ3n) is 1.83. The Morgan fingerprint density at radius 3 is 3.17 bits per heavy atom. The van der Waals surface area contributed by atoms with Crippen LogP contribution in [0.2, 0.25) is 0 Å². The highest BCUT2D eigenvalue weighted by molar-refractivity contribution is 7.98. The van der Waals surface area contributed by atoms with E-state index in [9.17, 15) is 0 Å². The van der Waals surface area contributed by atoms with Gasteiger partial charge in [-0.15, -0.1) is 0 Å². The lowest BCUT2D eigenvalue weighted by Gasteiger charge is -2.22. The number of hydrogen-bond acceptors (Lipinski definition) is 4. The van der Waals surface area contributed by atoms with Crippen LogP contribution in [0.1, 0.15) is 6.42 Å². The minimum absolute atomic E-state index is 0.362. The molecule has 0 amide bonds. The third-order valence-corrected chi connectivity index (χ3v) is 2.44. The van der Waals surface area contributed by atoms with Crippen LogP contribution >= 0.6 is 11.8 Å². The minimum Gasteiger partial charge on any atom is -0.355 e. The zero-order chi connectivity index (χ0) is 8.65. The summed E-state index contributed by atoms with van der Waals surface area (Å²) in [6.07, 6.45) is 3.50. The van der Waals surface area contributed by atoms with E-state index in [1.807, 2.05) is 11.8 Å². The molecule has 0 bridgehead atoms. The summed E-state index contributed by atoms with van der Waals surface area (Å²) in [6, 6.07) is 0. The molecule has 1 aliphatic heterocycles. The molecule has 1 aliphatic rings. The first-order valence-electron chi connectivity index (χ1n) is 4.32. The van der Waals surface area contributed by atoms with Crippen LogP contribution in [-0.4, -0.2) is 44.6 Å². The number of hydrogen-bond donors (Lipinski definition) is 1. The van der Waals surface area contributed by atoms with E-state index < -0.39 is 0 Å². The van der Waals surface area contributed by atoms with Gasteiger partial charge in [-0.3, -0.25) is 0 Å². The van der Waals surface area contributed by atoms with E-state index in [4.69, 9.17) is 9.47 Å². The molecule has 0 aromatic rings. The lowest BCUT2D eigenvalue weighted by molar-refractivity contribution is -0.137. The van der Waals surface area contributed by atoms with Crippen molar-refractivity contribution in [2.75, 3.05) is 38.5 Å². The Balaban J connectivity index is 1.91. The standard InChI is InChI=1S/C8H17NO2S/c1-12-5-3-9-6-8-2-4-10-7-11-8/h8-9H,2-7H2,1H3. The summed E-state index contributed by atoms with van der Waals surface area (Å²) in [5, 5.41) is 3.35. The van der Waals surface area contributed by atoms with Gasteiger partial charge in [-0.2, -0.15) is 11.8 Å². The average molecular weight is 191 g/mol. The summed E-state index contributed by atoms with van der Waals surface area (Å²) in [4.78, 5) is 0. The summed E-state index contributed by atoms with van der Waals surface area (Å²) in [5.41, 5.74) is 0. The molecular weight excluding hydrogens is 174 g/mol. The molecule has 0 saturated carbocycles. The van der Waals surface area contributed by atoms with E-state index in [2.05, 4.69) is 11.6 Å². The normalized spacial score (nSPS) is 24.2. The SMILES string of the molecule is CSCCNCC1CCOCO1. The second-order valence-corrected chi connectivity index (χ2v) is 3.79. The van der Waals surface area contributed by atoms with Crippen molar-refractivity contribution in [1.29, 1.82) is 0 Å². The molecule has 1 saturated heterocycles. The highest BCUT2D eigenvalue weighted by Crippen LogP contribution is 2.04. The first-order valence-corrected chi connectivity index (χ1v) is 5.72. The number of ether oxygens (including phenoxy) is 2. The quantitative estimate of drug-likeness (QED) is 0.648. The molecule has 3 nitrogen and oxygen atoms in total. The second kappa shape index (κ2) is 6.71. The maximum atomic E-state index is 5.37. The van der Waals surface area contributed by atoms with Crippen molar-refractivity contribution < 1.29 is 9.47 Å². The van der Waals surface area contributed by atoms with E-state index in [-0.39, 0.29) is 0 Å². The second-order valence-electron chi connectivity index (χ2n) is 2.80. The molecule has 0 aliphatic carbocycles. The molecular formula is C8H17NO2S. The summed E-state index contributed by atoms with van der Waals surface area (Å²) in [5.74, 6) is 1.17. The van der Waals surface area contributed by atoms with Gasteiger partial charge in [0.15, 0.2) is 0 Å². The van der Waals surface area contributed by atoms with Crippen LogP contribution < -0.4 is 5.32 Å². The predicted octanol–water partition coefficient (Wildman–Crippen LogP) is 0.702. The van der Waals surface area contributed by atoms with Crippen molar-refractivity contribution in [2.45, 2.75) is 12.5 Å². The van der Waals surface area contributed by atoms with E-state index in [1.54, 1.807) is 0 Å². The van der Waals surface area contributed by atoms with Crippen molar-refractivity contribution >= 4 is 11.8 Å². The Morgan fingerprint density at radius 1 is 1.58 bits per heavy atom. The molecule has 0 aromatic carbocycles. The van der Waals surface area contributed by atoms with E-state index in [1.165, 1.54) is 5.75 Å². The fourth-order valence-electron chi connectivity index (χ4n) is 1.10. The monoisotopic (exact) mass is 191 g/mol. The highest BCUT2D eigenvalue weighted by atomic mass is 32.2. The first-order chi connectivity index (χ1) is 5.93. The number of thioether (sulfide) groups is 1. The lowest BCUT2D eigenvalue weighted by atomic mass is 10.2. The predicted molar refractivity (Wildman–Crippen MR) is 51.6 cm³/mol. The van der Waals surface area contributed by atoms with Crippen LogP contribution in [0, 0.1) is 0 Å². The van der Waals surface area contributed by atoms with Gasteiger partial charge < -0.3 is 14.8 Å². The minimum atomic E-state index is 0.362. The molecule has 0 radical (unpaired) electrons. The Morgan fingerprint density at radius 2 is 2.50 bits per heavy atom. The maximum Gasteiger partial charge on any atom is 0.147 e.